The fourth-order valence-electron chi connectivity index (χ4n) is 3.76. The first-order valence-electron chi connectivity index (χ1n) is 7.67. The van der Waals surface area contributed by atoms with E-state index >= 15 is 0 Å². The van der Waals surface area contributed by atoms with E-state index < -0.39 is 0 Å². The quantitative estimate of drug-likeness (QED) is 0.826. The second-order valence-electron chi connectivity index (χ2n) is 7.20. The normalized spacial score (nSPS) is 28.3. The van der Waals surface area contributed by atoms with Gasteiger partial charge < -0.3 is 10.1 Å². The molecule has 0 unspecified atom stereocenters. The molecule has 0 aromatic carbocycles. The van der Waals surface area contributed by atoms with Crippen molar-refractivity contribution in [1.82, 2.24) is 5.32 Å². The third-order valence-electron chi connectivity index (χ3n) is 5.02. The lowest BCUT2D eigenvalue weighted by Crippen LogP contribution is -2.45. The van der Waals surface area contributed by atoms with E-state index in [0.29, 0.717) is 23.3 Å². The van der Waals surface area contributed by atoms with Gasteiger partial charge in [-0.05, 0) is 49.4 Å². The Bertz CT molecular complexity index is 296. The van der Waals surface area contributed by atoms with E-state index in [4.69, 9.17) is 4.74 Å². The predicted molar refractivity (Wildman–Crippen MR) is 79.1 cm³/mol. The molecule has 3 nitrogen and oxygen atoms in total. The summed E-state index contributed by atoms with van der Waals surface area (Å²) in [5.74, 6) is 0.665. The number of hydrogen-bond acceptors (Lipinski definition) is 2. The topological polar surface area (TPSA) is 38.3 Å². The smallest absolute Gasteiger partial charge is 0.407 e. The van der Waals surface area contributed by atoms with Crippen LogP contribution in [0.2, 0.25) is 0 Å². The van der Waals surface area contributed by atoms with Gasteiger partial charge in [0.2, 0.25) is 0 Å². The molecule has 19 heavy (non-hydrogen) atoms. The Balaban J connectivity index is 2.62. The first-order chi connectivity index (χ1) is 8.73. The molecule has 1 saturated carbocycles. The van der Waals surface area contributed by atoms with Gasteiger partial charge in [0.15, 0.2) is 0 Å². The molecule has 0 bridgehead atoms. The Kier molecular flexibility index (Phi) is 5.28. The van der Waals surface area contributed by atoms with Gasteiger partial charge in [-0.3, -0.25) is 0 Å². The van der Waals surface area contributed by atoms with Crippen LogP contribution in [0.1, 0.15) is 67.2 Å². The Morgan fingerprint density at radius 2 is 1.84 bits per heavy atom. The number of hydrogen-bond donors (Lipinski definition) is 1. The molecule has 0 aliphatic heterocycles. The van der Waals surface area contributed by atoms with Crippen LogP contribution < -0.4 is 5.32 Å². The maximum Gasteiger partial charge on any atom is 0.407 e. The molecule has 0 atom stereocenters. The Morgan fingerprint density at radius 3 is 2.21 bits per heavy atom. The van der Waals surface area contributed by atoms with Crippen molar-refractivity contribution in [3.8, 4) is 0 Å². The molecule has 0 heterocycles. The van der Waals surface area contributed by atoms with Gasteiger partial charge in [-0.25, -0.2) is 4.79 Å². The van der Waals surface area contributed by atoms with Gasteiger partial charge in [0.25, 0.3) is 0 Å². The molecule has 112 valence electrons. The molecule has 1 aliphatic rings. The molecule has 0 spiro atoms. The molecular weight excluding hydrogens is 238 g/mol. The second-order valence-corrected chi connectivity index (χ2v) is 7.20. The lowest BCUT2D eigenvalue weighted by molar-refractivity contribution is -0.0469. The number of ether oxygens (including phenoxy) is 1. The molecule has 1 fully saturated rings. The zero-order valence-electron chi connectivity index (χ0n) is 13.5. The van der Waals surface area contributed by atoms with Crippen LogP contribution in [0, 0.1) is 16.7 Å². The van der Waals surface area contributed by atoms with Crippen LogP contribution >= 0.6 is 0 Å². The SMILES string of the molecule is CCNC(=O)OC1CCC(C(C)C)(C(C)(C)C)CC1. The van der Waals surface area contributed by atoms with Gasteiger partial charge >= 0.3 is 6.09 Å². The van der Waals surface area contributed by atoms with E-state index in [0.717, 1.165) is 25.7 Å². The van der Waals surface area contributed by atoms with E-state index in [2.05, 4.69) is 39.9 Å². The van der Waals surface area contributed by atoms with E-state index in [9.17, 15) is 4.79 Å². The minimum Gasteiger partial charge on any atom is -0.446 e. The highest BCUT2D eigenvalue weighted by atomic mass is 16.6. The monoisotopic (exact) mass is 269 g/mol. The van der Waals surface area contributed by atoms with Crippen molar-refractivity contribution in [1.29, 1.82) is 0 Å². The van der Waals surface area contributed by atoms with Gasteiger partial charge in [-0.2, -0.15) is 0 Å². The average Bonchev–Trinajstić information content (AvgIpc) is 2.28. The highest BCUT2D eigenvalue weighted by Gasteiger charge is 2.46. The summed E-state index contributed by atoms with van der Waals surface area (Å²) in [6.07, 6.45) is 4.12. The summed E-state index contributed by atoms with van der Waals surface area (Å²) >= 11 is 0. The molecule has 0 radical (unpaired) electrons. The Morgan fingerprint density at radius 1 is 1.32 bits per heavy atom. The van der Waals surface area contributed by atoms with Crippen LogP contribution in [-0.4, -0.2) is 18.7 Å². The molecule has 0 aromatic heterocycles. The summed E-state index contributed by atoms with van der Waals surface area (Å²) in [6, 6.07) is 0. The Hall–Kier alpha value is -0.730. The van der Waals surface area contributed by atoms with E-state index in [1.54, 1.807) is 0 Å². The van der Waals surface area contributed by atoms with Crippen LogP contribution in [0.25, 0.3) is 0 Å². The maximum atomic E-state index is 11.5. The molecule has 1 rings (SSSR count). The summed E-state index contributed by atoms with van der Waals surface area (Å²) in [5, 5.41) is 2.71. The molecule has 0 saturated heterocycles. The van der Waals surface area contributed by atoms with Gasteiger partial charge in [0.05, 0.1) is 0 Å². The lowest BCUT2D eigenvalue weighted by atomic mass is 9.54. The number of carbonyl (C=O) groups is 1. The molecule has 1 N–H and O–H groups in total. The van der Waals surface area contributed by atoms with Crippen LogP contribution in [0.3, 0.4) is 0 Å². The van der Waals surface area contributed by atoms with Crippen molar-refractivity contribution >= 4 is 6.09 Å². The minimum atomic E-state index is -0.264. The van der Waals surface area contributed by atoms with Gasteiger partial charge in [-0.1, -0.05) is 34.6 Å². The Labute approximate surface area is 118 Å². The predicted octanol–water partition coefficient (Wildman–Crippen LogP) is 4.36. The second kappa shape index (κ2) is 6.15. The number of amides is 1. The van der Waals surface area contributed by atoms with Crippen molar-refractivity contribution in [2.75, 3.05) is 6.54 Å². The highest BCUT2D eigenvalue weighted by Crippen LogP contribution is 2.54. The third-order valence-corrected chi connectivity index (χ3v) is 5.02. The van der Waals surface area contributed by atoms with Crippen molar-refractivity contribution in [2.24, 2.45) is 16.7 Å². The summed E-state index contributed by atoms with van der Waals surface area (Å²) in [4.78, 5) is 11.5. The van der Waals surface area contributed by atoms with Gasteiger partial charge in [0.1, 0.15) is 6.10 Å². The zero-order chi connectivity index (χ0) is 14.7. The molecule has 3 heteroatoms. The van der Waals surface area contributed by atoms with Crippen LogP contribution in [-0.2, 0) is 4.74 Å². The number of carbonyl (C=O) groups excluding carboxylic acids is 1. The van der Waals surface area contributed by atoms with E-state index in [-0.39, 0.29) is 12.2 Å². The minimum absolute atomic E-state index is 0.0979. The van der Waals surface area contributed by atoms with Gasteiger partial charge in [-0.15, -0.1) is 0 Å². The van der Waals surface area contributed by atoms with Gasteiger partial charge in [0, 0.05) is 6.54 Å². The first kappa shape index (κ1) is 16.3. The molecular formula is C16H31NO2. The van der Waals surface area contributed by atoms with Crippen LogP contribution in [0.5, 0.6) is 0 Å². The molecule has 1 amide bonds. The summed E-state index contributed by atoms with van der Waals surface area (Å²) < 4.78 is 5.47. The van der Waals surface area contributed by atoms with Crippen LogP contribution in [0.4, 0.5) is 4.79 Å². The summed E-state index contributed by atoms with van der Waals surface area (Å²) in [5.41, 5.74) is 0.673. The third kappa shape index (κ3) is 3.64. The molecule has 1 aliphatic carbocycles. The number of rotatable bonds is 3. The summed E-state index contributed by atoms with van der Waals surface area (Å²) in [7, 11) is 0. The molecule has 0 aromatic rings. The van der Waals surface area contributed by atoms with Crippen molar-refractivity contribution in [3.05, 3.63) is 0 Å². The largest absolute Gasteiger partial charge is 0.446 e. The van der Waals surface area contributed by atoms with Crippen molar-refractivity contribution in [2.45, 2.75) is 73.3 Å². The zero-order valence-corrected chi connectivity index (χ0v) is 13.5. The standard InChI is InChI=1S/C16H31NO2/c1-7-17-14(18)19-13-8-10-16(11-9-13,12(2)3)15(4,5)6/h12-13H,7-11H2,1-6H3,(H,17,18). The number of alkyl carbamates (subject to hydrolysis) is 1. The lowest BCUT2D eigenvalue weighted by Gasteiger charge is -2.52. The van der Waals surface area contributed by atoms with Crippen molar-refractivity contribution < 1.29 is 9.53 Å². The average molecular weight is 269 g/mol. The highest BCUT2D eigenvalue weighted by molar-refractivity contribution is 5.67. The maximum absolute atomic E-state index is 11.5. The van der Waals surface area contributed by atoms with E-state index in [1.165, 1.54) is 0 Å². The first-order valence-corrected chi connectivity index (χ1v) is 7.67. The fourth-order valence-corrected chi connectivity index (χ4v) is 3.76. The van der Waals surface area contributed by atoms with Crippen molar-refractivity contribution in [3.63, 3.8) is 0 Å². The summed E-state index contributed by atoms with van der Waals surface area (Å²) in [6.45, 7) is 14.2. The van der Waals surface area contributed by atoms with Crippen LogP contribution in [0.15, 0.2) is 0 Å². The fraction of sp³-hybridized carbons (Fsp3) is 0.938. The number of nitrogens with one attached hydrogen (secondary N) is 1. The van der Waals surface area contributed by atoms with E-state index in [1.807, 2.05) is 6.92 Å².